The zero-order valence-electron chi connectivity index (χ0n) is 13.9. The van der Waals surface area contributed by atoms with Gasteiger partial charge in [-0.05, 0) is 40.0 Å². The van der Waals surface area contributed by atoms with Gasteiger partial charge in [-0.15, -0.1) is 0 Å². The fraction of sp³-hybridized carbons (Fsp3) is 0.625. The monoisotopic (exact) mass is 296 g/mol. The standard InChI is InChI=1S/C16H28N2O3/c1-18(2)9-7-6-8-17-12-14-15(20-4)10-13(19-3)11-16(14)21-5/h10-11,17H,6-9,12H2,1-5H3. The number of hydrogen-bond acceptors (Lipinski definition) is 5. The number of ether oxygens (including phenoxy) is 3. The van der Waals surface area contributed by atoms with E-state index in [2.05, 4.69) is 24.3 Å². The molecule has 1 aromatic carbocycles. The summed E-state index contributed by atoms with van der Waals surface area (Å²) in [6, 6.07) is 3.76. The van der Waals surface area contributed by atoms with E-state index in [1.54, 1.807) is 21.3 Å². The molecule has 0 unspecified atom stereocenters. The lowest BCUT2D eigenvalue weighted by atomic mass is 10.1. The van der Waals surface area contributed by atoms with Gasteiger partial charge in [0, 0.05) is 18.7 Å². The summed E-state index contributed by atoms with van der Waals surface area (Å²) in [4.78, 5) is 2.20. The predicted octanol–water partition coefficient (Wildman–Crippen LogP) is 2.14. The molecule has 5 heteroatoms. The van der Waals surface area contributed by atoms with Gasteiger partial charge in [0.2, 0.25) is 0 Å². The maximum atomic E-state index is 5.43. The maximum Gasteiger partial charge on any atom is 0.130 e. The second-order valence-corrected chi connectivity index (χ2v) is 5.20. The summed E-state index contributed by atoms with van der Waals surface area (Å²) in [5.74, 6) is 2.30. The molecule has 21 heavy (non-hydrogen) atoms. The summed E-state index contributed by atoms with van der Waals surface area (Å²) in [7, 11) is 9.15. The molecule has 0 aliphatic carbocycles. The zero-order valence-corrected chi connectivity index (χ0v) is 13.9. The highest BCUT2D eigenvalue weighted by atomic mass is 16.5. The summed E-state index contributed by atoms with van der Waals surface area (Å²) in [6.07, 6.45) is 2.34. The van der Waals surface area contributed by atoms with Crippen LogP contribution >= 0.6 is 0 Å². The average molecular weight is 296 g/mol. The van der Waals surface area contributed by atoms with E-state index in [4.69, 9.17) is 14.2 Å². The summed E-state index contributed by atoms with van der Waals surface area (Å²) >= 11 is 0. The summed E-state index contributed by atoms with van der Waals surface area (Å²) < 4.78 is 16.1. The summed E-state index contributed by atoms with van der Waals surface area (Å²) in [5.41, 5.74) is 1.02. The average Bonchev–Trinajstić information content (AvgIpc) is 2.49. The second kappa shape index (κ2) is 9.47. The van der Waals surface area contributed by atoms with Gasteiger partial charge >= 0.3 is 0 Å². The molecule has 1 rings (SSSR count). The van der Waals surface area contributed by atoms with Crippen molar-refractivity contribution in [2.24, 2.45) is 0 Å². The first kappa shape index (κ1) is 17.6. The zero-order chi connectivity index (χ0) is 15.7. The van der Waals surface area contributed by atoms with Gasteiger partial charge in [-0.1, -0.05) is 0 Å². The third kappa shape index (κ3) is 5.81. The van der Waals surface area contributed by atoms with E-state index in [1.165, 1.54) is 6.42 Å². The third-order valence-electron chi connectivity index (χ3n) is 3.33. The Labute approximate surface area is 128 Å². The van der Waals surface area contributed by atoms with Crippen LogP contribution in [0.2, 0.25) is 0 Å². The SMILES string of the molecule is COc1cc(OC)c(CNCCCCN(C)C)c(OC)c1. The Balaban J connectivity index is 2.57. The lowest BCUT2D eigenvalue weighted by Crippen LogP contribution is -2.18. The number of unbranched alkanes of at least 4 members (excludes halogenated alkanes) is 1. The molecule has 0 heterocycles. The first-order chi connectivity index (χ1) is 10.1. The van der Waals surface area contributed by atoms with Crippen molar-refractivity contribution in [1.29, 1.82) is 0 Å². The molecule has 0 aromatic heterocycles. The second-order valence-electron chi connectivity index (χ2n) is 5.20. The Bertz CT molecular complexity index is 397. The van der Waals surface area contributed by atoms with E-state index in [0.717, 1.165) is 48.9 Å². The Morgan fingerprint density at radius 2 is 1.57 bits per heavy atom. The molecule has 0 fully saturated rings. The number of methoxy groups -OCH3 is 3. The van der Waals surface area contributed by atoms with Gasteiger partial charge in [-0.2, -0.15) is 0 Å². The summed E-state index contributed by atoms with van der Waals surface area (Å²) in [5, 5.41) is 3.44. The van der Waals surface area contributed by atoms with Crippen LogP contribution in [-0.4, -0.2) is 53.4 Å². The van der Waals surface area contributed by atoms with Crippen LogP contribution < -0.4 is 19.5 Å². The van der Waals surface area contributed by atoms with Crippen molar-refractivity contribution in [1.82, 2.24) is 10.2 Å². The van der Waals surface area contributed by atoms with Crippen LogP contribution in [0.15, 0.2) is 12.1 Å². The highest BCUT2D eigenvalue weighted by molar-refractivity contribution is 5.50. The van der Waals surface area contributed by atoms with Crippen LogP contribution in [0, 0.1) is 0 Å². The number of nitrogens with zero attached hydrogens (tertiary/aromatic N) is 1. The number of benzene rings is 1. The minimum atomic E-state index is 0.721. The number of rotatable bonds is 10. The molecule has 1 N–H and O–H groups in total. The van der Waals surface area contributed by atoms with Gasteiger partial charge in [0.1, 0.15) is 17.2 Å². The highest BCUT2D eigenvalue weighted by Crippen LogP contribution is 2.33. The fourth-order valence-corrected chi connectivity index (χ4v) is 2.14. The van der Waals surface area contributed by atoms with E-state index in [9.17, 15) is 0 Å². The van der Waals surface area contributed by atoms with Crippen LogP contribution in [0.1, 0.15) is 18.4 Å². The van der Waals surface area contributed by atoms with Crippen molar-refractivity contribution in [3.8, 4) is 17.2 Å². The van der Waals surface area contributed by atoms with Gasteiger partial charge in [0.15, 0.2) is 0 Å². The Hall–Kier alpha value is -1.46. The molecule has 1 aromatic rings. The van der Waals surface area contributed by atoms with Gasteiger partial charge in [0.05, 0.1) is 26.9 Å². The molecule has 0 atom stereocenters. The molecule has 5 nitrogen and oxygen atoms in total. The molecule has 0 bridgehead atoms. The largest absolute Gasteiger partial charge is 0.496 e. The molecule has 0 saturated carbocycles. The van der Waals surface area contributed by atoms with Crippen molar-refractivity contribution in [2.45, 2.75) is 19.4 Å². The lowest BCUT2D eigenvalue weighted by molar-refractivity contribution is 0.365. The van der Waals surface area contributed by atoms with E-state index >= 15 is 0 Å². The topological polar surface area (TPSA) is 43.0 Å². The van der Waals surface area contributed by atoms with Gasteiger partial charge in [-0.25, -0.2) is 0 Å². The molecule has 0 amide bonds. The van der Waals surface area contributed by atoms with Crippen LogP contribution in [0.4, 0.5) is 0 Å². The molecule has 0 spiro atoms. The fourth-order valence-electron chi connectivity index (χ4n) is 2.14. The predicted molar refractivity (Wildman–Crippen MR) is 85.6 cm³/mol. The molecule has 0 saturated heterocycles. The maximum absolute atomic E-state index is 5.43. The van der Waals surface area contributed by atoms with E-state index in [-0.39, 0.29) is 0 Å². The van der Waals surface area contributed by atoms with Gasteiger partial charge < -0.3 is 24.4 Å². The molecular weight excluding hydrogens is 268 g/mol. The van der Waals surface area contributed by atoms with Crippen LogP contribution in [0.3, 0.4) is 0 Å². The van der Waals surface area contributed by atoms with Crippen LogP contribution in [0.5, 0.6) is 17.2 Å². The highest BCUT2D eigenvalue weighted by Gasteiger charge is 2.12. The van der Waals surface area contributed by atoms with Crippen molar-refractivity contribution in [3.05, 3.63) is 17.7 Å². The van der Waals surface area contributed by atoms with Crippen molar-refractivity contribution >= 4 is 0 Å². The van der Waals surface area contributed by atoms with E-state index < -0.39 is 0 Å². The Kier molecular flexibility index (Phi) is 7.93. The van der Waals surface area contributed by atoms with Crippen LogP contribution in [0.25, 0.3) is 0 Å². The molecule has 0 aliphatic rings. The normalized spacial score (nSPS) is 10.8. The smallest absolute Gasteiger partial charge is 0.130 e. The van der Waals surface area contributed by atoms with Crippen molar-refractivity contribution in [3.63, 3.8) is 0 Å². The number of nitrogens with one attached hydrogen (secondary N) is 1. The Morgan fingerprint density at radius 3 is 2.05 bits per heavy atom. The van der Waals surface area contributed by atoms with Crippen molar-refractivity contribution < 1.29 is 14.2 Å². The van der Waals surface area contributed by atoms with Crippen LogP contribution in [-0.2, 0) is 6.54 Å². The minimum absolute atomic E-state index is 0.721. The Morgan fingerprint density at radius 1 is 0.952 bits per heavy atom. The molecule has 0 aliphatic heterocycles. The minimum Gasteiger partial charge on any atom is -0.496 e. The quantitative estimate of drug-likeness (QED) is 0.670. The molecule has 120 valence electrons. The van der Waals surface area contributed by atoms with E-state index in [1.807, 2.05) is 12.1 Å². The molecule has 0 radical (unpaired) electrons. The van der Waals surface area contributed by atoms with Gasteiger partial charge in [-0.3, -0.25) is 0 Å². The lowest BCUT2D eigenvalue weighted by Gasteiger charge is -2.16. The van der Waals surface area contributed by atoms with E-state index in [0.29, 0.717) is 0 Å². The first-order valence-corrected chi connectivity index (χ1v) is 7.26. The number of hydrogen-bond donors (Lipinski definition) is 1. The summed E-state index contributed by atoms with van der Waals surface area (Å²) in [6.45, 7) is 2.82. The van der Waals surface area contributed by atoms with Gasteiger partial charge in [0.25, 0.3) is 0 Å². The van der Waals surface area contributed by atoms with Crippen molar-refractivity contribution in [2.75, 3.05) is 48.5 Å². The third-order valence-corrected chi connectivity index (χ3v) is 3.33. The first-order valence-electron chi connectivity index (χ1n) is 7.26. The molecular formula is C16H28N2O3.